The Morgan fingerprint density at radius 2 is 1.63 bits per heavy atom. The largest absolute Gasteiger partial charge is 0.483 e. The summed E-state index contributed by atoms with van der Waals surface area (Å²) in [5.41, 5.74) is 17.5. The van der Waals surface area contributed by atoms with Crippen molar-refractivity contribution in [3.8, 4) is 11.5 Å². The number of ether oxygens (including phenoxy) is 2. The minimum atomic E-state index is 0.146. The molecule has 1 aromatic heterocycles. The summed E-state index contributed by atoms with van der Waals surface area (Å²) in [5, 5.41) is 5.13. The molecule has 1 aliphatic heterocycles. The molecule has 0 unspecified atom stereocenters. The molecule has 0 radical (unpaired) electrons. The average Bonchev–Trinajstić information content (AvgIpc) is 3.57. The lowest BCUT2D eigenvalue weighted by Gasteiger charge is -2.20. The van der Waals surface area contributed by atoms with Crippen molar-refractivity contribution in [2.45, 2.75) is 102 Å². The van der Waals surface area contributed by atoms with Gasteiger partial charge in [-0.1, -0.05) is 106 Å². The molecule has 2 heterocycles. The highest BCUT2D eigenvalue weighted by Gasteiger charge is 2.19. The van der Waals surface area contributed by atoms with Crippen LogP contribution in [0.2, 0.25) is 0 Å². The molecule has 0 aliphatic carbocycles. The number of aromatic nitrogens is 1. The van der Waals surface area contributed by atoms with Crippen molar-refractivity contribution in [2.75, 3.05) is 32.5 Å². The van der Waals surface area contributed by atoms with Gasteiger partial charge in [0.05, 0.1) is 12.8 Å². The van der Waals surface area contributed by atoms with Crippen molar-refractivity contribution in [2.24, 2.45) is 17.1 Å². The summed E-state index contributed by atoms with van der Waals surface area (Å²) in [4.78, 5) is 6.96. The molecule has 1 aliphatic rings. The number of likely N-dealkylation sites (tertiary alicyclic amines) is 1. The number of hydrogen-bond donors (Lipinski definition) is 3. The van der Waals surface area contributed by atoms with E-state index in [-0.39, 0.29) is 5.41 Å². The monoisotopic (exact) mass is 704 g/mol. The molecule has 51 heavy (non-hydrogen) atoms. The predicted octanol–water partition coefficient (Wildman–Crippen LogP) is 11.6. The summed E-state index contributed by atoms with van der Waals surface area (Å²) in [6.45, 7) is 38.6. The number of benzene rings is 2. The van der Waals surface area contributed by atoms with Crippen LogP contribution in [0.1, 0.15) is 102 Å². The zero-order chi connectivity index (χ0) is 39.6. The maximum Gasteiger partial charge on any atom is 0.179 e. The van der Waals surface area contributed by atoms with Crippen LogP contribution in [0.15, 0.2) is 103 Å². The molecule has 0 bridgehead atoms. The number of nitrogens with two attached hydrogens (primary N) is 2. The second-order valence-electron chi connectivity index (χ2n) is 12.4. The van der Waals surface area contributed by atoms with Gasteiger partial charge in [0, 0.05) is 54.1 Å². The first-order chi connectivity index (χ1) is 24.4. The first-order valence-electron chi connectivity index (χ1n) is 18.7. The van der Waals surface area contributed by atoms with Crippen LogP contribution in [0.4, 0.5) is 5.69 Å². The van der Waals surface area contributed by atoms with Crippen LogP contribution in [0.3, 0.4) is 0 Å². The van der Waals surface area contributed by atoms with E-state index in [0.29, 0.717) is 12.4 Å². The maximum atomic E-state index is 6.16. The Balaban J connectivity index is 0. The SMILES string of the molecule is C=C.C=C(NC/C(CC)=C(N)\C=C(/C)C(C)(C)C)OC.CC.CC.CC.C[C@@H]1CCN(Cc2cc(Oc3ccc(N)c4ccccc34)ccn2)C1. The second-order valence-corrected chi connectivity index (χ2v) is 12.4. The lowest BCUT2D eigenvalue weighted by Crippen LogP contribution is -2.20. The van der Waals surface area contributed by atoms with Gasteiger partial charge in [-0.15, -0.1) is 13.2 Å². The van der Waals surface area contributed by atoms with Crippen LogP contribution in [0.25, 0.3) is 10.8 Å². The number of anilines is 1. The topological polar surface area (TPSA) is 98.7 Å². The smallest absolute Gasteiger partial charge is 0.179 e. The van der Waals surface area contributed by atoms with Gasteiger partial charge in [0.1, 0.15) is 11.5 Å². The molecule has 3 aromatic rings. The highest BCUT2D eigenvalue weighted by molar-refractivity contribution is 5.97. The fourth-order valence-corrected chi connectivity index (χ4v) is 4.78. The zero-order valence-corrected chi connectivity index (χ0v) is 34.6. The number of nitrogen functional groups attached to an aromatic ring is 1. The molecule has 1 atom stereocenters. The van der Waals surface area contributed by atoms with Crippen molar-refractivity contribution in [1.82, 2.24) is 15.2 Å². The molecule has 0 saturated carbocycles. The third kappa shape index (κ3) is 18.0. The van der Waals surface area contributed by atoms with Gasteiger partial charge in [-0.25, -0.2) is 0 Å². The summed E-state index contributed by atoms with van der Waals surface area (Å²) in [6.07, 6.45) is 6.07. The molecule has 5 N–H and O–H groups in total. The highest BCUT2D eigenvalue weighted by atomic mass is 16.5. The lowest BCUT2D eigenvalue weighted by molar-refractivity contribution is 0.266. The normalized spacial score (nSPS) is 14.1. The lowest BCUT2D eigenvalue weighted by atomic mass is 9.87. The minimum absolute atomic E-state index is 0.146. The van der Waals surface area contributed by atoms with Gasteiger partial charge in [0.15, 0.2) is 5.88 Å². The molecule has 7 heteroatoms. The third-order valence-electron chi connectivity index (χ3n) is 7.96. The quantitative estimate of drug-likeness (QED) is 0.0836. The maximum absolute atomic E-state index is 6.16. The van der Waals surface area contributed by atoms with Gasteiger partial charge in [-0.05, 0) is 74.1 Å². The standard InChI is InChI=1S/C21H23N3O.C15H28N2O.3C2H6.C2H4/c1-15-9-11-24(13-15)14-16-12-17(8-10-23-16)25-21-7-6-20(22)18-4-2-3-5-19(18)21;1-8-13(10-17-12(3)18-7)14(16)9-11(2)15(4,5)6;4*1-2/h2-8,10,12,15H,9,11,13-14,22H2,1H3;9,17H,3,8,10,16H2,1-2,4-7H3;3*1-2H3;1-2H2/b;11-9+,14-13+;;;;/t15-;;;;;/m1...../s1. The minimum Gasteiger partial charge on any atom is -0.483 e. The summed E-state index contributed by atoms with van der Waals surface area (Å²) in [7, 11) is 1.59. The van der Waals surface area contributed by atoms with Crippen LogP contribution in [0, 0.1) is 11.3 Å². The van der Waals surface area contributed by atoms with E-state index in [4.69, 9.17) is 20.9 Å². The van der Waals surface area contributed by atoms with E-state index in [1.807, 2.05) is 96.3 Å². The van der Waals surface area contributed by atoms with E-state index >= 15 is 0 Å². The highest BCUT2D eigenvalue weighted by Crippen LogP contribution is 2.33. The Morgan fingerprint density at radius 3 is 2.16 bits per heavy atom. The Hall–Kier alpha value is -4.23. The van der Waals surface area contributed by atoms with E-state index in [2.05, 4.69) is 82.6 Å². The number of allylic oxidation sites excluding steroid dienone is 2. The second kappa shape index (κ2) is 27.5. The van der Waals surface area contributed by atoms with Gasteiger partial charge in [0.2, 0.25) is 0 Å². The molecule has 1 saturated heterocycles. The van der Waals surface area contributed by atoms with Gasteiger partial charge < -0.3 is 26.3 Å². The number of methoxy groups -OCH3 is 1. The fourth-order valence-electron chi connectivity index (χ4n) is 4.78. The number of pyridine rings is 1. The molecule has 7 nitrogen and oxygen atoms in total. The molecular weight excluding hydrogens is 631 g/mol. The van der Waals surface area contributed by atoms with Crippen molar-refractivity contribution in [3.63, 3.8) is 0 Å². The Kier molecular flexibility index (Phi) is 26.3. The van der Waals surface area contributed by atoms with E-state index in [1.165, 1.54) is 12.0 Å². The van der Waals surface area contributed by atoms with Crippen LogP contribution in [-0.2, 0) is 11.3 Å². The number of hydrogen-bond acceptors (Lipinski definition) is 7. The van der Waals surface area contributed by atoms with E-state index in [1.54, 1.807) is 7.11 Å². The Morgan fingerprint density at radius 1 is 1.02 bits per heavy atom. The van der Waals surface area contributed by atoms with Crippen molar-refractivity contribution in [1.29, 1.82) is 0 Å². The van der Waals surface area contributed by atoms with Crippen molar-refractivity contribution < 1.29 is 9.47 Å². The van der Waals surface area contributed by atoms with E-state index in [9.17, 15) is 0 Å². The van der Waals surface area contributed by atoms with Crippen molar-refractivity contribution >= 4 is 16.5 Å². The fraction of sp³-hybridized carbons (Fsp3) is 0.477. The molecule has 1 fully saturated rings. The van der Waals surface area contributed by atoms with E-state index < -0.39 is 0 Å². The van der Waals surface area contributed by atoms with Gasteiger partial charge in [-0.2, -0.15) is 0 Å². The van der Waals surface area contributed by atoms with E-state index in [0.717, 1.165) is 76.9 Å². The molecule has 0 amide bonds. The number of nitrogens with one attached hydrogen (secondary N) is 1. The molecular formula is C44H73N5O2. The number of rotatable bonds is 10. The molecule has 2 aromatic carbocycles. The summed E-state index contributed by atoms with van der Waals surface area (Å²) in [5.74, 6) is 2.97. The first kappa shape index (κ1) is 48.9. The van der Waals surface area contributed by atoms with Crippen molar-refractivity contribution in [3.05, 3.63) is 109 Å². The summed E-state index contributed by atoms with van der Waals surface area (Å²) in [6, 6.07) is 15.8. The zero-order valence-electron chi connectivity index (χ0n) is 34.6. The van der Waals surface area contributed by atoms with Crippen LogP contribution >= 0.6 is 0 Å². The third-order valence-corrected chi connectivity index (χ3v) is 7.96. The Labute approximate surface area is 312 Å². The van der Waals surface area contributed by atoms with Crippen LogP contribution in [-0.4, -0.2) is 36.6 Å². The summed E-state index contributed by atoms with van der Waals surface area (Å²) < 4.78 is 11.1. The van der Waals surface area contributed by atoms with Crippen LogP contribution < -0.4 is 21.5 Å². The first-order valence-corrected chi connectivity index (χ1v) is 18.7. The van der Waals surface area contributed by atoms with Gasteiger partial charge >= 0.3 is 0 Å². The average molecular weight is 704 g/mol. The van der Waals surface area contributed by atoms with Crippen LogP contribution in [0.5, 0.6) is 11.5 Å². The molecule has 4 rings (SSSR count). The predicted molar refractivity (Wildman–Crippen MR) is 226 cm³/mol. The number of nitrogens with zero attached hydrogens (tertiary/aromatic N) is 2. The van der Waals surface area contributed by atoms with Gasteiger partial charge in [0.25, 0.3) is 0 Å². The Bertz CT molecular complexity index is 1460. The molecule has 0 spiro atoms. The van der Waals surface area contributed by atoms with Gasteiger partial charge in [-0.3, -0.25) is 9.88 Å². The summed E-state index contributed by atoms with van der Waals surface area (Å²) >= 11 is 0. The molecule has 286 valence electrons. The number of fused-ring (bicyclic) bond motifs is 1.